The number of rotatable bonds is 0. The lowest BCUT2D eigenvalue weighted by Crippen LogP contribution is -2.28. The molecule has 14 heavy (non-hydrogen) atoms. The maximum atomic E-state index is 8.86. The van der Waals surface area contributed by atoms with Crippen molar-refractivity contribution in [2.75, 3.05) is 6.61 Å². The zero-order valence-electron chi connectivity index (χ0n) is 7.95. The van der Waals surface area contributed by atoms with Crippen molar-refractivity contribution in [3.63, 3.8) is 0 Å². The summed E-state index contributed by atoms with van der Waals surface area (Å²) in [7, 11) is 0. The van der Waals surface area contributed by atoms with E-state index >= 15 is 0 Å². The monoisotopic (exact) mass is 189 g/mol. The Morgan fingerprint density at radius 3 is 3.29 bits per heavy atom. The molecule has 0 unspecified atom stereocenters. The molecule has 1 atom stereocenters. The molecule has 2 heterocycles. The van der Waals surface area contributed by atoms with Gasteiger partial charge in [-0.15, -0.1) is 0 Å². The van der Waals surface area contributed by atoms with Gasteiger partial charge < -0.3 is 10.1 Å². The standard InChI is InChI=1S/C10H11N3O/c1-7-6-14-10-8(2-11)3-12-4-9(10)5-13-7/h3-4,7,13H,5-6H2,1H3/t7-/m1/s1. The van der Waals surface area contributed by atoms with E-state index in [0.29, 0.717) is 30.5 Å². The van der Waals surface area contributed by atoms with E-state index in [-0.39, 0.29) is 0 Å². The van der Waals surface area contributed by atoms with E-state index < -0.39 is 0 Å². The van der Waals surface area contributed by atoms with Crippen LogP contribution in [-0.2, 0) is 6.54 Å². The molecule has 0 saturated carbocycles. The van der Waals surface area contributed by atoms with Crippen LogP contribution in [0.15, 0.2) is 12.4 Å². The molecule has 4 heteroatoms. The minimum Gasteiger partial charge on any atom is -0.490 e. The third-order valence-electron chi connectivity index (χ3n) is 2.21. The Bertz CT molecular complexity index is 383. The zero-order chi connectivity index (χ0) is 9.97. The molecule has 0 radical (unpaired) electrons. The summed E-state index contributed by atoms with van der Waals surface area (Å²) in [6, 6.07) is 2.38. The third kappa shape index (κ3) is 1.54. The predicted molar refractivity (Wildman–Crippen MR) is 50.7 cm³/mol. The van der Waals surface area contributed by atoms with Crippen molar-refractivity contribution in [1.29, 1.82) is 5.26 Å². The first-order valence-corrected chi connectivity index (χ1v) is 4.54. The van der Waals surface area contributed by atoms with Crippen molar-refractivity contribution < 1.29 is 4.74 Å². The fourth-order valence-corrected chi connectivity index (χ4v) is 1.42. The lowest BCUT2D eigenvalue weighted by atomic mass is 10.2. The quantitative estimate of drug-likeness (QED) is 0.656. The summed E-state index contributed by atoms with van der Waals surface area (Å²) in [6.45, 7) is 3.34. The normalized spacial score (nSPS) is 20.1. The van der Waals surface area contributed by atoms with Gasteiger partial charge in [-0.1, -0.05) is 0 Å². The molecular weight excluding hydrogens is 178 g/mol. The Morgan fingerprint density at radius 1 is 1.64 bits per heavy atom. The van der Waals surface area contributed by atoms with Crippen LogP contribution < -0.4 is 10.1 Å². The molecule has 0 spiro atoms. The molecular formula is C10H11N3O. The van der Waals surface area contributed by atoms with Crippen molar-refractivity contribution in [1.82, 2.24) is 10.3 Å². The lowest BCUT2D eigenvalue weighted by Gasteiger charge is -2.08. The molecule has 72 valence electrons. The fourth-order valence-electron chi connectivity index (χ4n) is 1.42. The van der Waals surface area contributed by atoms with E-state index in [1.54, 1.807) is 6.20 Å². The van der Waals surface area contributed by atoms with Crippen LogP contribution in [-0.4, -0.2) is 17.6 Å². The highest BCUT2D eigenvalue weighted by molar-refractivity contribution is 5.46. The Kier molecular flexibility index (Phi) is 2.33. The number of hydrogen-bond donors (Lipinski definition) is 1. The summed E-state index contributed by atoms with van der Waals surface area (Å²) >= 11 is 0. The Morgan fingerprint density at radius 2 is 2.50 bits per heavy atom. The minimum absolute atomic E-state index is 0.300. The minimum atomic E-state index is 0.300. The number of ether oxygens (including phenoxy) is 1. The SMILES string of the molecule is C[C@@H]1COc2c(C#N)cncc2CN1. The molecule has 1 aliphatic rings. The highest BCUT2D eigenvalue weighted by Gasteiger charge is 2.16. The number of fused-ring (bicyclic) bond motifs is 1. The number of nitrogens with one attached hydrogen (secondary N) is 1. The Hall–Kier alpha value is -1.60. The van der Waals surface area contributed by atoms with Crippen LogP contribution in [0.1, 0.15) is 18.1 Å². The summed E-state index contributed by atoms with van der Waals surface area (Å²) in [5, 5.41) is 12.1. The second kappa shape index (κ2) is 3.64. The third-order valence-corrected chi connectivity index (χ3v) is 2.21. The van der Waals surface area contributed by atoms with Crippen LogP contribution in [0.4, 0.5) is 0 Å². The van der Waals surface area contributed by atoms with E-state index in [1.165, 1.54) is 6.20 Å². The van der Waals surface area contributed by atoms with Crippen LogP contribution >= 0.6 is 0 Å². The maximum Gasteiger partial charge on any atom is 0.144 e. The van der Waals surface area contributed by atoms with E-state index in [4.69, 9.17) is 10.00 Å². The van der Waals surface area contributed by atoms with Gasteiger partial charge in [-0.3, -0.25) is 4.98 Å². The molecule has 0 bridgehead atoms. The molecule has 4 nitrogen and oxygen atoms in total. The summed E-state index contributed by atoms with van der Waals surface area (Å²) in [5.41, 5.74) is 1.46. The van der Waals surface area contributed by atoms with E-state index in [2.05, 4.69) is 16.4 Å². The van der Waals surface area contributed by atoms with Gasteiger partial charge in [-0.05, 0) is 6.92 Å². The first-order valence-electron chi connectivity index (χ1n) is 4.54. The lowest BCUT2D eigenvalue weighted by molar-refractivity contribution is 0.286. The first-order chi connectivity index (χ1) is 6.81. The van der Waals surface area contributed by atoms with Crippen LogP contribution in [0.25, 0.3) is 0 Å². The molecule has 1 aliphatic heterocycles. The average molecular weight is 189 g/mol. The van der Waals surface area contributed by atoms with Crippen molar-refractivity contribution in [2.45, 2.75) is 19.5 Å². The Balaban J connectivity index is 2.41. The molecule has 0 aromatic carbocycles. The van der Waals surface area contributed by atoms with E-state index in [9.17, 15) is 0 Å². The zero-order valence-corrected chi connectivity index (χ0v) is 7.95. The number of nitriles is 1. The van der Waals surface area contributed by atoms with Crippen LogP contribution in [0.2, 0.25) is 0 Å². The molecule has 0 aliphatic carbocycles. The molecule has 0 saturated heterocycles. The van der Waals surface area contributed by atoms with Gasteiger partial charge in [0, 0.05) is 30.5 Å². The number of pyridine rings is 1. The fraction of sp³-hybridized carbons (Fsp3) is 0.400. The second-order valence-corrected chi connectivity index (χ2v) is 3.38. The van der Waals surface area contributed by atoms with Gasteiger partial charge in [-0.25, -0.2) is 0 Å². The van der Waals surface area contributed by atoms with E-state index in [0.717, 1.165) is 5.56 Å². The number of nitrogens with zero attached hydrogens (tertiary/aromatic N) is 2. The van der Waals surface area contributed by atoms with Crippen molar-refractivity contribution in [3.8, 4) is 11.8 Å². The average Bonchev–Trinajstić information content (AvgIpc) is 2.41. The van der Waals surface area contributed by atoms with Gasteiger partial charge in [0.2, 0.25) is 0 Å². The second-order valence-electron chi connectivity index (χ2n) is 3.38. The van der Waals surface area contributed by atoms with Gasteiger partial charge in [0.1, 0.15) is 24.0 Å². The van der Waals surface area contributed by atoms with Crippen molar-refractivity contribution >= 4 is 0 Å². The molecule has 1 aromatic heterocycles. The molecule has 0 fully saturated rings. The maximum absolute atomic E-state index is 8.86. The Labute approximate surface area is 82.5 Å². The first kappa shape index (κ1) is 8.97. The van der Waals surface area contributed by atoms with Gasteiger partial charge >= 0.3 is 0 Å². The molecule has 2 rings (SSSR count). The highest BCUT2D eigenvalue weighted by atomic mass is 16.5. The predicted octanol–water partition coefficient (Wildman–Crippen LogP) is 0.824. The summed E-state index contributed by atoms with van der Waals surface area (Å²) in [6.07, 6.45) is 3.27. The van der Waals surface area contributed by atoms with Gasteiger partial charge in [-0.2, -0.15) is 5.26 Å². The summed E-state index contributed by atoms with van der Waals surface area (Å²) in [4.78, 5) is 3.99. The van der Waals surface area contributed by atoms with Crippen LogP contribution in [0.5, 0.6) is 5.75 Å². The summed E-state index contributed by atoms with van der Waals surface area (Å²) < 4.78 is 5.56. The van der Waals surface area contributed by atoms with Crippen molar-refractivity contribution in [3.05, 3.63) is 23.5 Å². The van der Waals surface area contributed by atoms with Crippen molar-refractivity contribution in [2.24, 2.45) is 0 Å². The van der Waals surface area contributed by atoms with E-state index in [1.807, 2.05) is 6.92 Å². The summed E-state index contributed by atoms with van der Waals surface area (Å²) in [5.74, 6) is 0.680. The largest absolute Gasteiger partial charge is 0.490 e. The van der Waals surface area contributed by atoms with Gasteiger partial charge in [0.15, 0.2) is 0 Å². The van der Waals surface area contributed by atoms with Gasteiger partial charge in [0.25, 0.3) is 0 Å². The topological polar surface area (TPSA) is 57.9 Å². The highest BCUT2D eigenvalue weighted by Crippen LogP contribution is 2.24. The smallest absolute Gasteiger partial charge is 0.144 e. The molecule has 1 N–H and O–H groups in total. The van der Waals surface area contributed by atoms with Crippen LogP contribution in [0, 0.1) is 11.3 Å². The van der Waals surface area contributed by atoms with Gasteiger partial charge in [0.05, 0.1) is 0 Å². The van der Waals surface area contributed by atoms with Crippen LogP contribution in [0.3, 0.4) is 0 Å². The number of hydrogen-bond acceptors (Lipinski definition) is 4. The molecule has 1 aromatic rings. The molecule has 0 amide bonds. The number of aromatic nitrogens is 1.